The number of nitrogens with one attached hydrogen (secondary N) is 6. The first-order chi connectivity index (χ1) is 44.6. The Balaban J connectivity index is 0.000000559. The Morgan fingerprint density at radius 3 is 0.894 bits per heavy atom. The Kier molecular flexibility index (Phi) is 32.1. The van der Waals surface area contributed by atoms with Crippen LogP contribution in [0.4, 0.5) is 38.9 Å². The Hall–Kier alpha value is -7.97. The summed E-state index contributed by atoms with van der Waals surface area (Å²) in [4.78, 5) is 10.8. The van der Waals surface area contributed by atoms with Crippen molar-refractivity contribution < 1.29 is 108 Å². The van der Waals surface area contributed by atoms with Crippen LogP contribution in [0.1, 0.15) is 0 Å². The number of fused-ring (bicyclic) bond motifs is 4. The fourth-order valence-corrected chi connectivity index (χ4v) is 10.3. The lowest BCUT2D eigenvalue weighted by Crippen LogP contribution is -2.21. The average molecular weight is 1390 g/mol. The summed E-state index contributed by atoms with van der Waals surface area (Å²) in [6, 6.07) is 25.3. The van der Waals surface area contributed by atoms with E-state index in [1.165, 1.54) is 97.1 Å². The number of hydrogen-bond acceptors (Lipinski definition) is 27. The number of aromatic hydroxyl groups is 2. The van der Waals surface area contributed by atoms with Crippen LogP contribution in [0, 0.1) is 0 Å². The summed E-state index contributed by atoms with van der Waals surface area (Å²) in [6.07, 6.45) is 0. The lowest BCUT2D eigenvalue weighted by Gasteiger charge is -2.13. The number of benzene rings is 8. The van der Waals surface area contributed by atoms with Gasteiger partial charge in [0.05, 0.1) is 74.0 Å². The van der Waals surface area contributed by atoms with E-state index >= 15 is 0 Å². The van der Waals surface area contributed by atoms with Crippen molar-refractivity contribution in [2.75, 3.05) is 116 Å². The second-order valence-electron chi connectivity index (χ2n) is 19.1. The minimum absolute atomic E-state index is 0.0268. The van der Waals surface area contributed by atoms with Crippen LogP contribution in [0.5, 0.6) is 11.5 Å². The molecule has 33 nitrogen and oxygen atoms in total. The van der Waals surface area contributed by atoms with E-state index in [-0.39, 0.29) is 107 Å². The molecule has 0 spiro atoms. The van der Waals surface area contributed by atoms with Crippen LogP contribution in [-0.2, 0) is 40.5 Å². The first-order valence-corrected chi connectivity index (χ1v) is 33.5. The highest BCUT2D eigenvalue weighted by atomic mass is 32.2. The maximum absolute atomic E-state index is 13.1. The zero-order valence-corrected chi connectivity index (χ0v) is 53.0. The number of phenols is 2. The summed E-state index contributed by atoms with van der Waals surface area (Å²) >= 11 is 0. The summed E-state index contributed by atoms with van der Waals surface area (Å²) in [6.45, 7) is 5.67. The smallest absolute Gasteiger partial charge is 0.323 e. The molecule has 8 rings (SSSR count). The van der Waals surface area contributed by atoms with E-state index in [2.05, 4.69) is 52.4 Å². The molecule has 0 aromatic heterocycles. The molecule has 0 aliphatic rings. The van der Waals surface area contributed by atoms with Crippen molar-refractivity contribution in [3.05, 3.63) is 121 Å². The molecule has 0 aliphatic carbocycles. The lowest BCUT2D eigenvalue weighted by atomic mass is 10.1. The zero-order valence-electron chi connectivity index (χ0n) is 49.7. The van der Waals surface area contributed by atoms with Crippen molar-refractivity contribution >= 4 is 124 Å². The largest absolute Gasteiger partial charge is 0.505 e. The lowest BCUT2D eigenvalue weighted by molar-refractivity contribution is 0.262. The Bertz CT molecular complexity index is 4050. The fourth-order valence-electron chi connectivity index (χ4n) is 7.95. The van der Waals surface area contributed by atoms with Crippen LogP contribution >= 0.6 is 0 Å². The number of carbonyl (C=O) groups is 1. The molecule has 94 heavy (non-hydrogen) atoms. The van der Waals surface area contributed by atoms with E-state index < -0.39 is 79.2 Å². The molecule has 0 fully saturated rings. The van der Waals surface area contributed by atoms with Crippen molar-refractivity contribution in [3.8, 4) is 11.5 Å². The van der Waals surface area contributed by atoms with Crippen LogP contribution < -0.4 is 31.9 Å². The third-order valence-electron chi connectivity index (χ3n) is 12.2. The van der Waals surface area contributed by atoms with Gasteiger partial charge in [-0.1, -0.05) is 24.3 Å². The molecule has 2 amide bonds. The molecule has 0 saturated heterocycles. The summed E-state index contributed by atoms with van der Waals surface area (Å²) < 4.78 is 135. The summed E-state index contributed by atoms with van der Waals surface area (Å²) in [5.74, 6) is -1.39. The van der Waals surface area contributed by atoms with Gasteiger partial charge in [0.2, 0.25) is 0 Å². The van der Waals surface area contributed by atoms with Crippen LogP contribution in [-0.4, -0.2) is 214 Å². The second kappa shape index (κ2) is 38.4. The molecular formula is C57H72N10O23S4. The maximum Gasteiger partial charge on any atom is 0.323 e. The molecule has 8 aromatic carbocycles. The van der Waals surface area contributed by atoms with Gasteiger partial charge in [-0.25, -0.2) is 4.79 Å². The number of amides is 2. The van der Waals surface area contributed by atoms with E-state index in [1.807, 2.05) is 0 Å². The molecule has 0 unspecified atom stereocenters. The summed E-state index contributed by atoms with van der Waals surface area (Å²) in [5, 5.41) is 121. The molecule has 0 radical (unpaired) electrons. The molecule has 0 saturated carbocycles. The van der Waals surface area contributed by atoms with Crippen molar-refractivity contribution in [2.24, 2.45) is 20.5 Å². The number of anilines is 2. The van der Waals surface area contributed by atoms with Gasteiger partial charge in [-0.3, -0.25) is 18.2 Å². The summed E-state index contributed by atoms with van der Waals surface area (Å²) in [7, 11) is -19.0. The van der Waals surface area contributed by atoms with Gasteiger partial charge >= 0.3 is 6.03 Å². The minimum Gasteiger partial charge on any atom is -0.505 e. The van der Waals surface area contributed by atoms with Gasteiger partial charge in [-0.05, 0) is 129 Å². The Labute approximate surface area is 538 Å². The van der Waals surface area contributed by atoms with E-state index in [1.54, 1.807) is 0 Å². The normalized spacial score (nSPS) is 11.8. The second-order valence-corrected chi connectivity index (χ2v) is 24.7. The van der Waals surface area contributed by atoms with E-state index in [9.17, 15) is 66.9 Å². The molecule has 0 atom stereocenters. The predicted octanol–water partition coefficient (Wildman–Crippen LogP) is 3.41. The number of rotatable bonds is 26. The molecule has 20 N–H and O–H groups in total. The number of aliphatic hydroxyl groups excluding tert-OH is 8. The molecule has 37 heteroatoms. The molecular weight excluding hydrogens is 1320 g/mol. The molecule has 8 aromatic rings. The topological polar surface area (TPSA) is 558 Å². The zero-order chi connectivity index (χ0) is 69.7. The predicted molar refractivity (Wildman–Crippen MR) is 348 cm³/mol. The maximum atomic E-state index is 13.1. The molecule has 512 valence electrons. The number of carbonyl (C=O) groups excluding carboxylic acids is 1. The van der Waals surface area contributed by atoms with Gasteiger partial charge < -0.3 is 83.0 Å². The fraction of sp³-hybridized carbons (Fsp3) is 0.281. The number of hydrogen-bond donors (Lipinski definition) is 20. The average Bonchev–Trinajstić information content (AvgIpc) is 0.779. The van der Waals surface area contributed by atoms with Crippen LogP contribution in [0.25, 0.3) is 43.1 Å². The Morgan fingerprint density at radius 1 is 0.330 bits per heavy atom. The van der Waals surface area contributed by atoms with Crippen LogP contribution in [0.3, 0.4) is 0 Å². The quantitative estimate of drug-likeness (QED) is 0.0210. The third kappa shape index (κ3) is 25.1. The van der Waals surface area contributed by atoms with Crippen LogP contribution in [0.2, 0.25) is 0 Å². The standard InChI is InChI=1S/C41H28N6O15S4.4C4H11NO2/c48-39-33-11-7-27(15-25(33)19-35(65(57,58)59)37(39)46-44-29-5-1-23-17-31(63(51,52)53)9-3-21(23)13-29)42-41(50)43-28-8-12-34-26(16-28)20-36(66(60,61)62)38(40(34)49)47-45-30-6-2-24-18-32(64(54,55)56)10-4-22(24)14-30;4*6-3-1-5-2-4-7/h1-20,48-49H,(H2,42,43,50)(H,51,52,53)(H,54,55,56)(H,57,58,59)(H,60,61,62);4*5-7H,1-4H2. The number of azo groups is 2. The van der Waals surface area contributed by atoms with Crippen LogP contribution in [0.15, 0.2) is 161 Å². The van der Waals surface area contributed by atoms with E-state index in [0.29, 0.717) is 73.9 Å². The monoisotopic (exact) mass is 1390 g/mol. The highest BCUT2D eigenvalue weighted by Crippen LogP contribution is 2.44. The Morgan fingerprint density at radius 2 is 0.617 bits per heavy atom. The highest BCUT2D eigenvalue weighted by molar-refractivity contribution is 7.86. The van der Waals surface area contributed by atoms with Gasteiger partial charge in [0.15, 0.2) is 11.5 Å². The van der Waals surface area contributed by atoms with Gasteiger partial charge in [-0.2, -0.15) is 43.9 Å². The first-order valence-electron chi connectivity index (χ1n) is 27.8. The molecule has 0 aliphatic heterocycles. The van der Waals surface area contributed by atoms with Gasteiger partial charge in [0.25, 0.3) is 40.5 Å². The molecule has 0 bridgehead atoms. The number of nitrogens with zero attached hydrogens (tertiary/aromatic N) is 4. The third-order valence-corrected chi connectivity index (χ3v) is 15.6. The van der Waals surface area contributed by atoms with Crippen molar-refractivity contribution in [2.45, 2.75) is 19.6 Å². The SMILES string of the molecule is O=C(Nc1ccc2c(O)c(N=Nc3ccc4cc(S(=O)(=O)O)ccc4c3)c(S(=O)(=O)O)cc2c1)Nc1ccc2c(O)c(N=Nc3ccc4cc(S(=O)(=O)O)ccc4c3)c(S(=O)(=O)O)cc2c1.OCCNCCO.OCCNCCO.OCCNCCO.OCCNCCO. The van der Waals surface area contributed by atoms with Crippen molar-refractivity contribution in [1.29, 1.82) is 0 Å². The minimum atomic E-state index is -5.04. The number of aliphatic hydroxyl groups is 8. The van der Waals surface area contributed by atoms with E-state index in [0.717, 1.165) is 24.3 Å². The van der Waals surface area contributed by atoms with Gasteiger partial charge in [0, 0.05) is 74.5 Å². The van der Waals surface area contributed by atoms with E-state index in [4.69, 9.17) is 40.9 Å². The first kappa shape index (κ1) is 78.5. The number of urea groups is 1. The van der Waals surface area contributed by atoms with Gasteiger partial charge in [0.1, 0.15) is 21.2 Å². The van der Waals surface area contributed by atoms with Gasteiger partial charge in [-0.15, -0.1) is 10.2 Å². The highest BCUT2D eigenvalue weighted by Gasteiger charge is 2.25. The van der Waals surface area contributed by atoms with Crippen molar-refractivity contribution in [3.63, 3.8) is 0 Å². The molecule has 0 heterocycles. The number of phenolic OH excluding ortho intramolecular Hbond substituents is 2. The summed E-state index contributed by atoms with van der Waals surface area (Å²) in [5.41, 5.74) is -0.812. The van der Waals surface area contributed by atoms with Crippen molar-refractivity contribution in [1.82, 2.24) is 21.3 Å².